The Bertz CT molecular complexity index is 153. The van der Waals surface area contributed by atoms with Gasteiger partial charge in [0.15, 0.2) is 0 Å². The van der Waals surface area contributed by atoms with Crippen LogP contribution in [0.15, 0.2) is 0 Å². The molecule has 14 heavy (non-hydrogen) atoms. The predicted molar refractivity (Wildman–Crippen MR) is 64.6 cm³/mol. The lowest BCUT2D eigenvalue weighted by molar-refractivity contribution is 0.115. The minimum Gasteiger partial charge on any atom is -0.393 e. The molecule has 0 heterocycles. The highest BCUT2D eigenvalue weighted by Gasteiger charge is 2.01. The summed E-state index contributed by atoms with van der Waals surface area (Å²) in [5, 5.41) is 0. The molecule has 0 atom stereocenters. The highest BCUT2D eigenvalue weighted by molar-refractivity contribution is 7.80. The third-order valence-corrected chi connectivity index (χ3v) is 2.30. The van der Waals surface area contributed by atoms with Crippen LogP contribution in [-0.4, -0.2) is 42.7 Å². The first-order valence-corrected chi connectivity index (χ1v) is 5.69. The fourth-order valence-corrected chi connectivity index (χ4v) is 1.39. The van der Waals surface area contributed by atoms with Crippen molar-refractivity contribution in [2.24, 2.45) is 5.73 Å². The number of ether oxygens (including phenoxy) is 1. The lowest BCUT2D eigenvalue weighted by Gasteiger charge is -2.19. The summed E-state index contributed by atoms with van der Waals surface area (Å²) >= 11 is 4.82. The molecular weight excluding hydrogens is 196 g/mol. The fraction of sp³-hybridized carbons (Fsp3) is 0.900. The first-order chi connectivity index (χ1) is 6.70. The summed E-state index contributed by atoms with van der Waals surface area (Å²) in [4.78, 5) is 2.97. The Morgan fingerprint density at radius 3 is 2.57 bits per heavy atom. The number of hydrogen-bond acceptors (Lipinski definition) is 3. The first kappa shape index (κ1) is 13.8. The van der Waals surface area contributed by atoms with E-state index in [1.165, 1.54) is 0 Å². The zero-order valence-electron chi connectivity index (χ0n) is 9.29. The molecule has 0 aliphatic carbocycles. The quantitative estimate of drug-likeness (QED) is 0.469. The van der Waals surface area contributed by atoms with E-state index < -0.39 is 0 Å². The molecule has 0 amide bonds. The highest BCUT2D eigenvalue weighted by Crippen LogP contribution is 1.95. The van der Waals surface area contributed by atoms with Gasteiger partial charge in [0.1, 0.15) is 0 Å². The summed E-state index contributed by atoms with van der Waals surface area (Å²) in [7, 11) is 0. The molecule has 3 nitrogen and oxygen atoms in total. The van der Waals surface area contributed by atoms with Gasteiger partial charge in [0.25, 0.3) is 0 Å². The van der Waals surface area contributed by atoms with Crippen molar-refractivity contribution in [2.45, 2.75) is 26.7 Å². The van der Waals surface area contributed by atoms with Gasteiger partial charge in [-0.25, -0.2) is 0 Å². The maximum Gasteiger partial charge on any atom is 0.0727 e. The summed E-state index contributed by atoms with van der Waals surface area (Å²) in [5.41, 5.74) is 5.43. The molecule has 0 fully saturated rings. The van der Waals surface area contributed by atoms with Crippen LogP contribution in [0.25, 0.3) is 0 Å². The zero-order valence-corrected chi connectivity index (χ0v) is 10.1. The number of likely N-dealkylation sites (N-methyl/N-ethyl adjacent to an activating group) is 1. The second kappa shape index (κ2) is 9.37. The van der Waals surface area contributed by atoms with Crippen molar-refractivity contribution in [1.82, 2.24) is 4.90 Å². The monoisotopic (exact) mass is 218 g/mol. The van der Waals surface area contributed by atoms with Gasteiger partial charge in [-0.1, -0.05) is 19.1 Å². The lowest BCUT2D eigenvalue weighted by atomic mass is 10.3. The van der Waals surface area contributed by atoms with Crippen molar-refractivity contribution in [3.8, 4) is 0 Å². The van der Waals surface area contributed by atoms with Crippen LogP contribution in [-0.2, 0) is 4.74 Å². The van der Waals surface area contributed by atoms with Gasteiger partial charge in [0, 0.05) is 13.2 Å². The molecule has 0 aromatic rings. The van der Waals surface area contributed by atoms with Crippen molar-refractivity contribution >= 4 is 17.2 Å². The molecular formula is C10H22N2OS. The number of nitrogens with zero attached hydrogens (tertiary/aromatic N) is 1. The Morgan fingerprint density at radius 1 is 1.36 bits per heavy atom. The Balaban J connectivity index is 3.42. The van der Waals surface area contributed by atoms with Crippen LogP contribution >= 0.6 is 12.2 Å². The molecule has 0 aromatic carbocycles. The van der Waals surface area contributed by atoms with Gasteiger partial charge in [-0.2, -0.15) is 0 Å². The molecule has 0 rings (SSSR count). The molecule has 2 N–H and O–H groups in total. The van der Waals surface area contributed by atoms with Crippen LogP contribution in [0, 0.1) is 0 Å². The van der Waals surface area contributed by atoms with E-state index in [1.807, 2.05) is 6.92 Å². The summed E-state index contributed by atoms with van der Waals surface area (Å²) < 4.78 is 5.30. The second-order valence-electron chi connectivity index (χ2n) is 3.20. The fourth-order valence-electron chi connectivity index (χ4n) is 1.24. The lowest BCUT2D eigenvalue weighted by Crippen LogP contribution is -2.29. The van der Waals surface area contributed by atoms with E-state index >= 15 is 0 Å². The van der Waals surface area contributed by atoms with E-state index in [2.05, 4.69) is 11.8 Å². The molecule has 0 saturated heterocycles. The van der Waals surface area contributed by atoms with Crippen LogP contribution in [0.3, 0.4) is 0 Å². The third kappa shape index (κ3) is 8.41. The molecule has 0 bridgehead atoms. The van der Waals surface area contributed by atoms with Crippen molar-refractivity contribution in [3.05, 3.63) is 0 Å². The molecule has 0 unspecified atom stereocenters. The molecule has 0 radical (unpaired) electrons. The van der Waals surface area contributed by atoms with Gasteiger partial charge >= 0.3 is 0 Å². The summed E-state index contributed by atoms with van der Waals surface area (Å²) in [5.74, 6) is 0. The van der Waals surface area contributed by atoms with E-state index in [9.17, 15) is 0 Å². The van der Waals surface area contributed by atoms with Gasteiger partial charge in [-0.15, -0.1) is 0 Å². The normalized spacial score (nSPS) is 10.8. The summed E-state index contributed by atoms with van der Waals surface area (Å²) in [6.45, 7) is 8.91. The molecule has 0 aliphatic heterocycles. The number of rotatable bonds is 9. The molecule has 84 valence electrons. The minimum absolute atomic E-state index is 0.617. The largest absolute Gasteiger partial charge is 0.393 e. The first-order valence-electron chi connectivity index (χ1n) is 5.29. The molecule has 0 aliphatic rings. The molecule has 4 heteroatoms. The van der Waals surface area contributed by atoms with Crippen LogP contribution in [0.1, 0.15) is 26.7 Å². The molecule has 0 saturated carbocycles. The topological polar surface area (TPSA) is 38.5 Å². The number of thiocarbonyl (C=S) groups is 1. The van der Waals surface area contributed by atoms with Crippen molar-refractivity contribution < 1.29 is 4.74 Å². The van der Waals surface area contributed by atoms with E-state index in [-0.39, 0.29) is 0 Å². The molecule has 0 spiro atoms. The van der Waals surface area contributed by atoms with Crippen LogP contribution < -0.4 is 5.73 Å². The third-order valence-electron chi connectivity index (χ3n) is 2.10. The minimum atomic E-state index is 0.617. The number of nitrogens with two attached hydrogens (primary N) is 1. The van der Waals surface area contributed by atoms with Gasteiger partial charge in [-0.05, 0) is 32.9 Å². The Hall–Kier alpha value is -0.190. The van der Waals surface area contributed by atoms with E-state index in [4.69, 9.17) is 22.7 Å². The summed E-state index contributed by atoms with van der Waals surface area (Å²) in [6, 6.07) is 0. The van der Waals surface area contributed by atoms with Gasteiger partial charge < -0.3 is 15.4 Å². The second-order valence-corrected chi connectivity index (χ2v) is 3.73. The van der Waals surface area contributed by atoms with Gasteiger partial charge in [-0.3, -0.25) is 0 Å². The smallest absolute Gasteiger partial charge is 0.0727 e. The highest BCUT2D eigenvalue weighted by atomic mass is 32.1. The van der Waals surface area contributed by atoms with Crippen molar-refractivity contribution in [2.75, 3.05) is 32.8 Å². The van der Waals surface area contributed by atoms with Gasteiger partial charge in [0.2, 0.25) is 0 Å². The summed E-state index contributed by atoms with van der Waals surface area (Å²) in [6.07, 6.45) is 1.90. The van der Waals surface area contributed by atoms with E-state index in [1.54, 1.807) is 0 Å². The van der Waals surface area contributed by atoms with Crippen molar-refractivity contribution in [3.63, 3.8) is 0 Å². The van der Waals surface area contributed by atoms with Crippen LogP contribution in [0.5, 0.6) is 0 Å². The van der Waals surface area contributed by atoms with Crippen molar-refractivity contribution in [1.29, 1.82) is 0 Å². The average Bonchev–Trinajstić information content (AvgIpc) is 2.15. The Labute approximate surface area is 92.6 Å². The van der Waals surface area contributed by atoms with E-state index in [0.29, 0.717) is 4.99 Å². The Kier molecular flexibility index (Phi) is 9.24. The average molecular weight is 218 g/mol. The maximum absolute atomic E-state index is 5.43. The zero-order chi connectivity index (χ0) is 10.8. The van der Waals surface area contributed by atoms with Crippen LogP contribution in [0.4, 0.5) is 0 Å². The number of hydrogen-bond donors (Lipinski definition) is 1. The standard InChI is InChI=1S/C10H22N2OS/c1-3-12(8-9-13-4-2)7-5-6-10(11)14/h3-9H2,1-2H3,(H2,11,14). The Morgan fingerprint density at radius 2 is 2.07 bits per heavy atom. The maximum atomic E-state index is 5.43. The predicted octanol–water partition coefficient (Wildman–Crippen LogP) is 1.41. The molecule has 0 aromatic heterocycles. The van der Waals surface area contributed by atoms with Crippen LogP contribution in [0.2, 0.25) is 0 Å². The SMILES string of the molecule is CCOCCN(CC)CCCC(N)=S. The van der Waals surface area contributed by atoms with Gasteiger partial charge in [0.05, 0.1) is 11.6 Å². The van der Waals surface area contributed by atoms with E-state index in [0.717, 1.165) is 45.7 Å².